The molecule has 1 saturated heterocycles. The van der Waals surface area contributed by atoms with Gasteiger partial charge in [0.05, 0.1) is 21.7 Å². The molecule has 0 radical (unpaired) electrons. The third-order valence-electron chi connectivity index (χ3n) is 2.97. The first-order valence-electron chi connectivity index (χ1n) is 5.58. The molecule has 0 aliphatic carbocycles. The van der Waals surface area contributed by atoms with Gasteiger partial charge in [-0.15, -0.1) is 0 Å². The van der Waals surface area contributed by atoms with E-state index in [1.54, 1.807) is 0 Å². The third kappa shape index (κ3) is 2.97. The lowest BCUT2D eigenvalue weighted by Crippen LogP contribution is -2.43. The van der Waals surface area contributed by atoms with E-state index in [4.69, 9.17) is 5.73 Å². The molecule has 10 heteroatoms. The number of nitrogen functional groups attached to an aromatic ring is 1. The second-order valence-electron chi connectivity index (χ2n) is 4.36. The summed E-state index contributed by atoms with van der Waals surface area (Å²) in [5.74, 6) is -1.12. The third-order valence-corrected chi connectivity index (χ3v) is 7.15. The quantitative estimate of drug-likeness (QED) is 0.750. The number of sulfone groups is 1. The van der Waals surface area contributed by atoms with Crippen molar-refractivity contribution < 1.29 is 21.2 Å². The molecule has 0 atom stereocenters. The van der Waals surface area contributed by atoms with Crippen LogP contribution in [0.1, 0.15) is 0 Å². The highest BCUT2D eigenvalue weighted by Crippen LogP contribution is 2.29. The Balaban J connectivity index is 2.39. The Morgan fingerprint density at radius 2 is 1.80 bits per heavy atom. The highest BCUT2D eigenvalue weighted by atomic mass is 79.9. The molecule has 6 nitrogen and oxygen atoms in total. The predicted molar refractivity (Wildman–Crippen MR) is 75.9 cm³/mol. The summed E-state index contributed by atoms with van der Waals surface area (Å²) in [6.45, 7) is -0.252. The maximum atomic E-state index is 13.3. The van der Waals surface area contributed by atoms with Gasteiger partial charge in [-0.3, -0.25) is 0 Å². The zero-order valence-corrected chi connectivity index (χ0v) is 13.4. The van der Waals surface area contributed by atoms with Crippen LogP contribution in [0, 0.1) is 5.82 Å². The minimum absolute atomic E-state index is 0.0186. The minimum Gasteiger partial charge on any atom is -0.398 e. The van der Waals surface area contributed by atoms with Crippen molar-refractivity contribution in [2.45, 2.75) is 4.90 Å². The zero-order chi connectivity index (χ0) is 15.1. The molecule has 1 aromatic carbocycles. The summed E-state index contributed by atoms with van der Waals surface area (Å²) >= 11 is 2.91. The van der Waals surface area contributed by atoms with Gasteiger partial charge >= 0.3 is 0 Å². The maximum Gasteiger partial charge on any atom is 0.245 e. The number of halogens is 2. The van der Waals surface area contributed by atoms with Crippen LogP contribution in [0.5, 0.6) is 0 Å². The van der Waals surface area contributed by atoms with Crippen LogP contribution in [0.2, 0.25) is 0 Å². The van der Waals surface area contributed by atoms with Crippen molar-refractivity contribution in [3.63, 3.8) is 0 Å². The van der Waals surface area contributed by atoms with Gasteiger partial charge in [-0.2, -0.15) is 4.31 Å². The van der Waals surface area contributed by atoms with Crippen LogP contribution in [0.3, 0.4) is 0 Å². The molecule has 1 aliphatic rings. The first kappa shape index (κ1) is 15.7. The first-order valence-corrected chi connectivity index (χ1v) is 9.64. The monoisotopic (exact) mass is 386 g/mol. The smallest absolute Gasteiger partial charge is 0.245 e. The van der Waals surface area contributed by atoms with E-state index >= 15 is 0 Å². The highest BCUT2D eigenvalue weighted by Gasteiger charge is 2.32. The van der Waals surface area contributed by atoms with Gasteiger partial charge in [0.15, 0.2) is 9.84 Å². The summed E-state index contributed by atoms with van der Waals surface area (Å²) in [5, 5.41) is 0. The molecule has 0 spiro atoms. The number of hydrogen-bond acceptors (Lipinski definition) is 5. The molecule has 2 rings (SSSR count). The molecule has 0 aromatic heterocycles. The maximum absolute atomic E-state index is 13.3. The molecule has 112 valence electrons. The summed E-state index contributed by atoms with van der Waals surface area (Å²) in [7, 11) is -7.12. The fourth-order valence-corrected chi connectivity index (χ4v) is 5.33. The Morgan fingerprint density at radius 3 is 2.35 bits per heavy atom. The number of hydrogen-bond donors (Lipinski definition) is 1. The van der Waals surface area contributed by atoms with Crippen molar-refractivity contribution in [1.29, 1.82) is 0 Å². The number of anilines is 1. The van der Waals surface area contributed by atoms with Crippen molar-refractivity contribution in [2.75, 3.05) is 30.3 Å². The highest BCUT2D eigenvalue weighted by molar-refractivity contribution is 9.10. The Morgan fingerprint density at radius 1 is 1.25 bits per heavy atom. The Kier molecular flexibility index (Phi) is 4.11. The van der Waals surface area contributed by atoms with Crippen molar-refractivity contribution >= 4 is 41.5 Å². The van der Waals surface area contributed by atoms with Gasteiger partial charge in [0.25, 0.3) is 0 Å². The average Bonchev–Trinajstić information content (AvgIpc) is 2.33. The van der Waals surface area contributed by atoms with E-state index in [1.165, 1.54) is 0 Å². The molecule has 1 heterocycles. The second kappa shape index (κ2) is 5.24. The molecule has 0 bridgehead atoms. The first-order chi connectivity index (χ1) is 9.13. The van der Waals surface area contributed by atoms with Crippen LogP contribution < -0.4 is 5.73 Å². The zero-order valence-electron chi connectivity index (χ0n) is 10.2. The molecular formula is C10H12BrFN2O4S2. The fourth-order valence-electron chi connectivity index (χ4n) is 1.84. The molecular weight excluding hydrogens is 375 g/mol. The summed E-state index contributed by atoms with van der Waals surface area (Å²) in [6, 6.07) is 2.00. The van der Waals surface area contributed by atoms with Crippen molar-refractivity contribution in [2.24, 2.45) is 0 Å². The topological polar surface area (TPSA) is 97.5 Å². The largest absolute Gasteiger partial charge is 0.398 e. The molecule has 20 heavy (non-hydrogen) atoms. The van der Waals surface area contributed by atoms with E-state index in [1.807, 2.05) is 0 Å². The van der Waals surface area contributed by atoms with E-state index < -0.39 is 25.7 Å². The van der Waals surface area contributed by atoms with Gasteiger partial charge in [0.1, 0.15) is 10.7 Å². The Bertz CT molecular complexity index is 735. The van der Waals surface area contributed by atoms with E-state index in [0.29, 0.717) is 0 Å². The normalized spacial score (nSPS) is 19.9. The number of nitrogens with zero attached hydrogens (tertiary/aromatic N) is 1. The lowest BCUT2D eigenvalue weighted by Gasteiger charge is -2.26. The SMILES string of the molecule is Nc1cc(F)c(Br)cc1S(=O)(=O)N1CCS(=O)(=O)CC1. The predicted octanol–water partition coefficient (Wildman–Crippen LogP) is 0.590. The molecule has 0 unspecified atom stereocenters. The molecule has 0 amide bonds. The Labute approximate surface area is 124 Å². The molecule has 1 fully saturated rings. The summed E-state index contributed by atoms with van der Waals surface area (Å²) < 4.78 is 61.7. The van der Waals surface area contributed by atoms with Gasteiger partial charge < -0.3 is 5.73 Å². The van der Waals surface area contributed by atoms with E-state index in [2.05, 4.69) is 15.9 Å². The molecule has 1 aromatic rings. The van der Waals surface area contributed by atoms with Crippen LogP contribution in [-0.2, 0) is 19.9 Å². The van der Waals surface area contributed by atoms with E-state index in [-0.39, 0.29) is 39.7 Å². The van der Waals surface area contributed by atoms with Crippen LogP contribution in [0.25, 0.3) is 0 Å². The number of sulfonamides is 1. The van der Waals surface area contributed by atoms with Gasteiger partial charge in [0.2, 0.25) is 10.0 Å². The van der Waals surface area contributed by atoms with Crippen LogP contribution >= 0.6 is 15.9 Å². The van der Waals surface area contributed by atoms with Gasteiger partial charge in [-0.25, -0.2) is 21.2 Å². The van der Waals surface area contributed by atoms with Crippen LogP contribution in [-0.4, -0.2) is 45.7 Å². The summed E-state index contributed by atoms with van der Waals surface area (Å²) in [6.07, 6.45) is 0. The van der Waals surface area contributed by atoms with Crippen LogP contribution in [0.15, 0.2) is 21.5 Å². The van der Waals surface area contributed by atoms with Crippen molar-refractivity contribution in [3.8, 4) is 0 Å². The summed E-state index contributed by atoms with van der Waals surface area (Å²) in [5.41, 5.74) is 5.34. The van der Waals surface area contributed by atoms with Crippen molar-refractivity contribution in [3.05, 3.63) is 22.4 Å². The Hall–Kier alpha value is -0.710. The number of benzene rings is 1. The second-order valence-corrected chi connectivity index (χ2v) is 9.42. The van der Waals surface area contributed by atoms with Crippen LogP contribution in [0.4, 0.5) is 10.1 Å². The van der Waals surface area contributed by atoms with Gasteiger partial charge in [-0.05, 0) is 28.1 Å². The standard InChI is InChI=1S/C10H12BrFN2O4S2/c11-7-5-10(9(13)6-8(7)12)20(17,18)14-1-3-19(15,16)4-2-14/h5-6H,1-4,13H2. The van der Waals surface area contributed by atoms with Gasteiger partial charge in [-0.1, -0.05) is 0 Å². The number of rotatable bonds is 2. The minimum atomic E-state index is -3.93. The number of nitrogens with two attached hydrogens (primary N) is 1. The molecule has 1 aliphatic heterocycles. The van der Waals surface area contributed by atoms with E-state index in [0.717, 1.165) is 16.4 Å². The fraction of sp³-hybridized carbons (Fsp3) is 0.400. The molecule has 0 saturated carbocycles. The van der Waals surface area contributed by atoms with Gasteiger partial charge in [0, 0.05) is 13.1 Å². The average molecular weight is 387 g/mol. The summed E-state index contributed by atoms with van der Waals surface area (Å²) in [4.78, 5) is -0.231. The van der Waals surface area contributed by atoms with E-state index in [9.17, 15) is 21.2 Å². The lowest BCUT2D eigenvalue weighted by atomic mass is 10.3. The lowest BCUT2D eigenvalue weighted by molar-refractivity contribution is 0.431. The molecule has 2 N–H and O–H groups in total. The van der Waals surface area contributed by atoms with Crippen molar-refractivity contribution in [1.82, 2.24) is 4.31 Å².